The van der Waals surface area contributed by atoms with Gasteiger partial charge in [-0.15, -0.1) is 0 Å². The highest BCUT2D eigenvalue weighted by atomic mass is 19.1. The van der Waals surface area contributed by atoms with E-state index >= 15 is 0 Å². The van der Waals surface area contributed by atoms with Gasteiger partial charge in [0, 0.05) is 6.04 Å². The third-order valence-electron chi connectivity index (χ3n) is 2.78. The van der Waals surface area contributed by atoms with Crippen molar-refractivity contribution in [3.63, 3.8) is 0 Å². The molecular weight excluding hydrogens is 177 g/mol. The van der Waals surface area contributed by atoms with Gasteiger partial charge in [-0.2, -0.15) is 0 Å². The molecule has 0 amide bonds. The van der Waals surface area contributed by atoms with Gasteiger partial charge in [0.15, 0.2) is 0 Å². The zero-order chi connectivity index (χ0) is 10.1. The van der Waals surface area contributed by atoms with E-state index in [2.05, 4.69) is 0 Å². The lowest BCUT2D eigenvalue weighted by Crippen LogP contribution is -2.11. The lowest BCUT2D eigenvalue weighted by molar-refractivity contribution is 0.582. The summed E-state index contributed by atoms with van der Waals surface area (Å²) in [6.45, 7) is 1.90. The molecule has 0 saturated heterocycles. The minimum Gasteiger partial charge on any atom is -0.324 e. The maximum atomic E-state index is 13.1. The van der Waals surface area contributed by atoms with E-state index in [0.29, 0.717) is 0 Å². The lowest BCUT2D eigenvalue weighted by Gasteiger charge is -2.12. The monoisotopic (exact) mass is 193 g/mol. The summed E-state index contributed by atoms with van der Waals surface area (Å²) in [6.07, 6.45) is 3.59. The maximum absolute atomic E-state index is 13.1. The van der Waals surface area contributed by atoms with Gasteiger partial charge in [-0.1, -0.05) is 18.9 Å². The van der Waals surface area contributed by atoms with Crippen LogP contribution in [0.3, 0.4) is 0 Å². The summed E-state index contributed by atoms with van der Waals surface area (Å²) in [5.74, 6) is 0.611. The summed E-state index contributed by atoms with van der Waals surface area (Å²) in [6, 6.07) is 5.08. The maximum Gasteiger partial charge on any atom is 0.123 e. The second kappa shape index (κ2) is 3.70. The van der Waals surface area contributed by atoms with Crippen LogP contribution < -0.4 is 5.73 Å². The van der Waals surface area contributed by atoms with Gasteiger partial charge in [-0.25, -0.2) is 4.39 Å². The van der Waals surface area contributed by atoms with Crippen LogP contribution in [0.15, 0.2) is 18.2 Å². The average Bonchev–Trinajstić information content (AvgIpc) is 2.86. The van der Waals surface area contributed by atoms with Gasteiger partial charge in [-0.3, -0.25) is 0 Å². The van der Waals surface area contributed by atoms with Crippen molar-refractivity contribution in [2.24, 2.45) is 11.7 Å². The molecule has 0 aromatic heterocycles. The Kier molecular flexibility index (Phi) is 2.55. The molecule has 1 aliphatic rings. The molecule has 1 aromatic rings. The number of hydrogen-bond acceptors (Lipinski definition) is 1. The third kappa shape index (κ3) is 2.32. The summed E-state index contributed by atoms with van der Waals surface area (Å²) in [4.78, 5) is 0. The average molecular weight is 193 g/mol. The summed E-state index contributed by atoms with van der Waals surface area (Å²) < 4.78 is 13.1. The number of halogens is 1. The fraction of sp³-hybridized carbons (Fsp3) is 0.500. The fourth-order valence-electron chi connectivity index (χ4n) is 1.83. The Hall–Kier alpha value is -0.890. The molecule has 2 heteroatoms. The van der Waals surface area contributed by atoms with Crippen LogP contribution in [0.4, 0.5) is 4.39 Å². The van der Waals surface area contributed by atoms with Gasteiger partial charge in [0.25, 0.3) is 0 Å². The highest BCUT2D eigenvalue weighted by Crippen LogP contribution is 2.36. The first-order valence-corrected chi connectivity index (χ1v) is 5.18. The molecule has 1 aromatic carbocycles. The molecule has 1 unspecified atom stereocenters. The quantitative estimate of drug-likeness (QED) is 0.784. The molecule has 0 aliphatic heterocycles. The van der Waals surface area contributed by atoms with Crippen LogP contribution in [0.2, 0.25) is 0 Å². The van der Waals surface area contributed by atoms with E-state index in [1.807, 2.05) is 13.0 Å². The van der Waals surface area contributed by atoms with Crippen LogP contribution in [0.25, 0.3) is 0 Å². The molecule has 2 N–H and O–H groups in total. The fourth-order valence-corrected chi connectivity index (χ4v) is 1.83. The summed E-state index contributed by atoms with van der Waals surface area (Å²) in [7, 11) is 0. The molecule has 1 fully saturated rings. The van der Waals surface area contributed by atoms with E-state index in [9.17, 15) is 4.39 Å². The Balaban J connectivity index is 2.12. The van der Waals surface area contributed by atoms with Gasteiger partial charge in [0.1, 0.15) is 5.82 Å². The van der Waals surface area contributed by atoms with Crippen LogP contribution in [0.1, 0.15) is 36.4 Å². The van der Waals surface area contributed by atoms with Crippen molar-refractivity contribution >= 4 is 0 Å². The molecule has 1 nitrogen and oxygen atoms in total. The molecule has 1 saturated carbocycles. The minimum absolute atomic E-state index is 0.0110. The van der Waals surface area contributed by atoms with Crippen LogP contribution in [-0.4, -0.2) is 0 Å². The molecule has 0 heterocycles. The van der Waals surface area contributed by atoms with Crippen molar-refractivity contribution in [2.45, 2.75) is 32.2 Å². The number of benzene rings is 1. The van der Waals surface area contributed by atoms with Crippen LogP contribution in [-0.2, 0) is 0 Å². The Bertz CT molecular complexity index is 311. The second-order valence-electron chi connectivity index (χ2n) is 4.35. The van der Waals surface area contributed by atoms with E-state index in [4.69, 9.17) is 5.73 Å². The van der Waals surface area contributed by atoms with Gasteiger partial charge in [0.05, 0.1) is 0 Å². The van der Waals surface area contributed by atoms with E-state index in [-0.39, 0.29) is 11.9 Å². The number of aryl methyl sites for hydroxylation is 1. The second-order valence-corrected chi connectivity index (χ2v) is 4.35. The molecule has 0 bridgehead atoms. The molecule has 1 aliphatic carbocycles. The van der Waals surface area contributed by atoms with E-state index in [1.165, 1.54) is 18.9 Å². The van der Waals surface area contributed by atoms with Gasteiger partial charge >= 0.3 is 0 Å². The first kappa shape index (κ1) is 9.66. The molecule has 0 spiro atoms. The topological polar surface area (TPSA) is 26.0 Å². The molecule has 2 rings (SSSR count). The van der Waals surface area contributed by atoms with Crippen LogP contribution in [0, 0.1) is 18.7 Å². The van der Waals surface area contributed by atoms with E-state index < -0.39 is 0 Å². The van der Waals surface area contributed by atoms with Crippen molar-refractivity contribution in [3.05, 3.63) is 35.1 Å². The Labute approximate surface area is 84.1 Å². The predicted molar refractivity (Wildman–Crippen MR) is 55.4 cm³/mol. The van der Waals surface area contributed by atoms with Crippen molar-refractivity contribution in [3.8, 4) is 0 Å². The van der Waals surface area contributed by atoms with Gasteiger partial charge < -0.3 is 5.73 Å². The summed E-state index contributed by atoms with van der Waals surface area (Å²) >= 11 is 0. The first-order chi connectivity index (χ1) is 6.65. The van der Waals surface area contributed by atoms with Gasteiger partial charge in [-0.05, 0) is 42.5 Å². The van der Waals surface area contributed by atoms with Crippen molar-refractivity contribution in [1.82, 2.24) is 0 Å². The highest BCUT2D eigenvalue weighted by molar-refractivity contribution is 5.26. The zero-order valence-corrected chi connectivity index (χ0v) is 8.46. The Morgan fingerprint density at radius 3 is 2.71 bits per heavy atom. The molecule has 1 atom stereocenters. The predicted octanol–water partition coefficient (Wildman–Crippen LogP) is 2.93. The number of rotatable bonds is 3. The van der Waals surface area contributed by atoms with Crippen molar-refractivity contribution < 1.29 is 4.39 Å². The van der Waals surface area contributed by atoms with E-state index in [0.717, 1.165) is 23.5 Å². The van der Waals surface area contributed by atoms with Crippen LogP contribution >= 0.6 is 0 Å². The number of hydrogen-bond donors (Lipinski definition) is 1. The number of nitrogens with two attached hydrogens (primary N) is 1. The minimum atomic E-state index is -0.175. The molecule has 0 radical (unpaired) electrons. The van der Waals surface area contributed by atoms with Gasteiger partial charge in [0.2, 0.25) is 0 Å². The van der Waals surface area contributed by atoms with Crippen molar-refractivity contribution in [1.29, 1.82) is 0 Å². The summed E-state index contributed by atoms with van der Waals surface area (Å²) in [5, 5.41) is 0. The molecule has 76 valence electrons. The largest absolute Gasteiger partial charge is 0.324 e. The molecule has 14 heavy (non-hydrogen) atoms. The lowest BCUT2D eigenvalue weighted by atomic mass is 10.0. The zero-order valence-electron chi connectivity index (χ0n) is 8.46. The normalized spacial score (nSPS) is 18.2. The Morgan fingerprint density at radius 1 is 1.43 bits per heavy atom. The smallest absolute Gasteiger partial charge is 0.123 e. The van der Waals surface area contributed by atoms with Crippen molar-refractivity contribution in [2.75, 3.05) is 0 Å². The SMILES string of the molecule is Cc1cc(F)cc(C(N)CC2CC2)c1. The Morgan fingerprint density at radius 2 is 2.14 bits per heavy atom. The first-order valence-electron chi connectivity index (χ1n) is 5.18. The van der Waals surface area contributed by atoms with E-state index in [1.54, 1.807) is 6.07 Å². The molecular formula is C12H16FN. The summed E-state index contributed by atoms with van der Waals surface area (Å²) in [5.41, 5.74) is 7.90. The standard InChI is InChI=1S/C12H16FN/c1-8-4-10(7-11(13)5-8)12(14)6-9-2-3-9/h4-5,7,9,12H,2-3,6,14H2,1H3. The van der Waals surface area contributed by atoms with Crippen LogP contribution in [0.5, 0.6) is 0 Å². The third-order valence-corrected chi connectivity index (χ3v) is 2.78. The highest BCUT2D eigenvalue weighted by Gasteiger charge is 2.24.